The Morgan fingerprint density at radius 3 is 2.30 bits per heavy atom. The van der Waals surface area contributed by atoms with Crippen molar-refractivity contribution < 1.29 is 22.7 Å². The predicted molar refractivity (Wildman–Crippen MR) is 173 cm³/mol. The molecule has 1 saturated heterocycles. The van der Waals surface area contributed by atoms with E-state index in [1.807, 2.05) is 62.1 Å². The molecule has 9 heteroatoms. The Labute approximate surface area is 268 Å². The average Bonchev–Trinajstić information content (AvgIpc) is 3.03. The first-order chi connectivity index (χ1) is 21.9. The minimum atomic E-state index is -4.44. The number of aryl methyl sites for hydroxylation is 1. The van der Waals surface area contributed by atoms with Gasteiger partial charge in [0.05, 0.1) is 11.3 Å². The quantitative estimate of drug-likeness (QED) is 0.231. The number of halogens is 3. The maximum Gasteiger partial charge on any atom is 0.416 e. The fraction of sp³-hybridized carbons (Fsp3) is 0.378. The number of likely N-dealkylation sites (tertiary alicyclic amines) is 1. The second-order valence-corrected chi connectivity index (χ2v) is 13.3. The maximum absolute atomic E-state index is 13.9. The minimum Gasteiger partial charge on any atom is -0.444 e. The number of anilines is 2. The smallest absolute Gasteiger partial charge is 0.416 e. The first-order valence-electron chi connectivity index (χ1n) is 15.9. The first-order valence-corrected chi connectivity index (χ1v) is 15.9. The van der Waals surface area contributed by atoms with E-state index in [1.54, 1.807) is 18.3 Å². The van der Waals surface area contributed by atoms with E-state index in [0.29, 0.717) is 18.3 Å². The third kappa shape index (κ3) is 7.19. The zero-order valence-electron chi connectivity index (χ0n) is 26.4. The van der Waals surface area contributed by atoms with Crippen LogP contribution in [0.4, 0.5) is 29.6 Å². The van der Waals surface area contributed by atoms with Gasteiger partial charge in [-0.3, -0.25) is 0 Å². The van der Waals surface area contributed by atoms with Crippen LogP contribution in [0.15, 0.2) is 79.0 Å². The molecule has 1 fully saturated rings. The standard InChI is InChI=1S/C37H39F3N4O2/c1-36(2,3)46-35(45)44-20-18-25(19-21-44)13-12-24-14-16-27(17-15-24)42-34-41-23-26-22-31(28-8-4-5-10-30(28)33(26)43-34)29-9-6-7-11-32(29)37(38,39)40/h4-11,14-17,23,25,31H,12-13,18-22H2,1-3H3,(H,41,42,43). The molecular formula is C37H39F3N4O2. The van der Waals surface area contributed by atoms with Crippen LogP contribution in [0.3, 0.4) is 0 Å². The number of alkyl halides is 3. The third-order valence-corrected chi connectivity index (χ3v) is 8.84. The van der Waals surface area contributed by atoms with Gasteiger partial charge in [0.2, 0.25) is 5.95 Å². The molecule has 2 aliphatic rings. The number of rotatable bonds is 6. The Balaban J connectivity index is 1.09. The van der Waals surface area contributed by atoms with Gasteiger partial charge >= 0.3 is 12.3 Å². The molecule has 240 valence electrons. The van der Waals surface area contributed by atoms with Gasteiger partial charge in [0.25, 0.3) is 0 Å². The molecule has 3 aromatic carbocycles. The van der Waals surface area contributed by atoms with Gasteiger partial charge in [-0.25, -0.2) is 14.8 Å². The normalized spacial score (nSPS) is 16.8. The lowest BCUT2D eigenvalue weighted by atomic mass is 9.76. The van der Waals surface area contributed by atoms with Crippen molar-refractivity contribution >= 4 is 17.7 Å². The summed E-state index contributed by atoms with van der Waals surface area (Å²) in [6, 6.07) is 21.6. The number of benzene rings is 3. The molecule has 2 heterocycles. The van der Waals surface area contributed by atoms with E-state index < -0.39 is 23.3 Å². The Kier molecular flexibility index (Phi) is 8.77. The molecule has 1 amide bonds. The molecule has 1 aliphatic carbocycles. The Morgan fingerprint density at radius 2 is 1.61 bits per heavy atom. The number of ether oxygens (including phenoxy) is 1. The van der Waals surface area contributed by atoms with E-state index in [4.69, 9.17) is 9.72 Å². The summed E-state index contributed by atoms with van der Waals surface area (Å²) < 4.78 is 47.3. The van der Waals surface area contributed by atoms with Gasteiger partial charge in [0.1, 0.15) is 5.60 Å². The molecule has 0 radical (unpaired) electrons. The van der Waals surface area contributed by atoms with Crippen LogP contribution in [-0.2, 0) is 23.8 Å². The second-order valence-electron chi connectivity index (χ2n) is 13.3. The number of carbonyl (C=O) groups is 1. The highest BCUT2D eigenvalue weighted by atomic mass is 19.4. The van der Waals surface area contributed by atoms with Gasteiger partial charge < -0.3 is 15.0 Å². The average molecular weight is 629 g/mol. The molecule has 1 unspecified atom stereocenters. The fourth-order valence-corrected chi connectivity index (χ4v) is 6.52. The van der Waals surface area contributed by atoms with Crippen LogP contribution in [-0.4, -0.2) is 39.7 Å². The van der Waals surface area contributed by atoms with Gasteiger partial charge in [0, 0.05) is 36.5 Å². The molecule has 1 aromatic heterocycles. The lowest BCUT2D eigenvalue weighted by Crippen LogP contribution is -2.41. The highest BCUT2D eigenvalue weighted by Crippen LogP contribution is 2.45. The topological polar surface area (TPSA) is 67.3 Å². The van der Waals surface area contributed by atoms with Crippen LogP contribution in [0, 0.1) is 5.92 Å². The van der Waals surface area contributed by atoms with E-state index in [0.717, 1.165) is 72.9 Å². The minimum absolute atomic E-state index is 0.225. The Morgan fingerprint density at radius 1 is 0.935 bits per heavy atom. The molecule has 46 heavy (non-hydrogen) atoms. The molecule has 1 atom stereocenters. The molecule has 0 spiro atoms. The summed E-state index contributed by atoms with van der Waals surface area (Å²) in [5.41, 5.74) is 4.49. The molecule has 0 saturated carbocycles. The number of aromatic nitrogens is 2. The van der Waals surface area contributed by atoms with Crippen molar-refractivity contribution in [2.75, 3.05) is 18.4 Å². The van der Waals surface area contributed by atoms with Crippen molar-refractivity contribution in [3.05, 3.63) is 107 Å². The molecule has 6 nitrogen and oxygen atoms in total. The summed E-state index contributed by atoms with van der Waals surface area (Å²) in [4.78, 5) is 23.5. The SMILES string of the molecule is CC(C)(C)OC(=O)N1CCC(CCc2ccc(Nc3ncc4c(n3)-c3ccccc3C(c3ccccc3C(F)(F)F)C4)cc2)CC1. The second kappa shape index (κ2) is 12.8. The monoisotopic (exact) mass is 628 g/mol. The molecule has 1 N–H and O–H groups in total. The fourth-order valence-electron chi connectivity index (χ4n) is 6.52. The van der Waals surface area contributed by atoms with E-state index in [-0.39, 0.29) is 11.7 Å². The van der Waals surface area contributed by atoms with Crippen molar-refractivity contribution in [2.45, 2.75) is 70.6 Å². The summed E-state index contributed by atoms with van der Waals surface area (Å²) in [7, 11) is 0. The lowest BCUT2D eigenvalue weighted by molar-refractivity contribution is -0.138. The number of hydrogen-bond acceptors (Lipinski definition) is 5. The largest absolute Gasteiger partial charge is 0.444 e. The van der Waals surface area contributed by atoms with Crippen molar-refractivity contribution in [3.63, 3.8) is 0 Å². The van der Waals surface area contributed by atoms with Crippen LogP contribution < -0.4 is 5.32 Å². The number of amides is 1. The van der Waals surface area contributed by atoms with Gasteiger partial charge in [-0.15, -0.1) is 0 Å². The summed E-state index contributed by atoms with van der Waals surface area (Å²) in [5.74, 6) is 0.561. The van der Waals surface area contributed by atoms with E-state index >= 15 is 0 Å². The number of hydrogen-bond donors (Lipinski definition) is 1. The predicted octanol–water partition coefficient (Wildman–Crippen LogP) is 9.17. The van der Waals surface area contributed by atoms with Crippen LogP contribution in [0.5, 0.6) is 0 Å². The maximum atomic E-state index is 13.9. The Hall–Kier alpha value is -4.40. The van der Waals surface area contributed by atoms with Crippen molar-refractivity contribution in [1.82, 2.24) is 14.9 Å². The number of fused-ring (bicyclic) bond motifs is 3. The number of nitrogens with one attached hydrogen (secondary N) is 1. The zero-order valence-corrected chi connectivity index (χ0v) is 26.4. The van der Waals surface area contributed by atoms with E-state index in [9.17, 15) is 18.0 Å². The summed E-state index contributed by atoms with van der Waals surface area (Å²) in [5, 5.41) is 3.30. The van der Waals surface area contributed by atoms with Gasteiger partial charge in [-0.1, -0.05) is 54.6 Å². The zero-order chi connectivity index (χ0) is 32.5. The van der Waals surface area contributed by atoms with E-state index in [1.165, 1.54) is 11.6 Å². The van der Waals surface area contributed by atoms with Gasteiger partial charge in [-0.2, -0.15) is 13.2 Å². The summed E-state index contributed by atoms with van der Waals surface area (Å²) in [6.45, 7) is 7.13. The highest BCUT2D eigenvalue weighted by Gasteiger charge is 2.37. The van der Waals surface area contributed by atoms with Crippen LogP contribution in [0.1, 0.15) is 73.8 Å². The summed E-state index contributed by atoms with van der Waals surface area (Å²) >= 11 is 0. The van der Waals surface area contributed by atoms with Crippen LogP contribution in [0.2, 0.25) is 0 Å². The first kappa shape index (κ1) is 31.6. The number of piperidine rings is 1. The molecule has 4 aromatic rings. The number of carbonyl (C=O) groups excluding carboxylic acids is 1. The third-order valence-electron chi connectivity index (χ3n) is 8.84. The van der Waals surface area contributed by atoms with Gasteiger partial charge in [-0.05, 0) is 99.2 Å². The highest BCUT2D eigenvalue weighted by molar-refractivity contribution is 5.73. The molecule has 1 aliphatic heterocycles. The molecule has 6 rings (SSSR count). The van der Waals surface area contributed by atoms with Crippen LogP contribution >= 0.6 is 0 Å². The number of nitrogens with zero attached hydrogens (tertiary/aromatic N) is 3. The van der Waals surface area contributed by atoms with Gasteiger partial charge in [0.15, 0.2) is 0 Å². The van der Waals surface area contributed by atoms with Crippen molar-refractivity contribution in [1.29, 1.82) is 0 Å². The summed E-state index contributed by atoms with van der Waals surface area (Å²) in [6.07, 6.45) is 1.43. The van der Waals surface area contributed by atoms with Crippen LogP contribution in [0.25, 0.3) is 11.3 Å². The molecular weight excluding hydrogens is 589 g/mol. The van der Waals surface area contributed by atoms with E-state index in [2.05, 4.69) is 22.4 Å². The lowest BCUT2D eigenvalue weighted by Gasteiger charge is -2.33. The van der Waals surface area contributed by atoms with Crippen molar-refractivity contribution in [2.24, 2.45) is 5.92 Å². The Bertz CT molecular complexity index is 1690. The molecule has 0 bridgehead atoms. The van der Waals surface area contributed by atoms with Crippen molar-refractivity contribution in [3.8, 4) is 11.3 Å².